The molecule has 1 fully saturated rings. The third kappa shape index (κ3) is 2.95. The highest BCUT2D eigenvalue weighted by Crippen LogP contribution is 2.26. The highest BCUT2D eigenvalue weighted by molar-refractivity contribution is 5.94. The minimum Gasteiger partial charge on any atom is -0.481 e. The van der Waals surface area contributed by atoms with E-state index in [-0.39, 0.29) is 11.8 Å². The number of ether oxygens (including phenoxy) is 1. The Hall–Kier alpha value is -2.37. The lowest BCUT2D eigenvalue weighted by Gasteiger charge is -2.31. The van der Waals surface area contributed by atoms with Gasteiger partial charge in [0.2, 0.25) is 5.88 Å². The average molecular weight is 300 g/mol. The van der Waals surface area contributed by atoms with Crippen molar-refractivity contribution in [2.24, 2.45) is 0 Å². The van der Waals surface area contributed by atoms with Gasteiger partial charge in [0.15, 0.2) is 0 Å². The monoisotopic (exact) mass is 300 g/mol. The molecule has 1 atom stereocenters. The van der Waals surface area contributed by atoms with Gasteiger partial charge in [-0.1, -0.05) is 0 Å². The molecule has 1 saturated heterocycles. The molecule has 1 aliphatic rings. The van der Waals surface area contributed by atoms with Crippen molar-refractivity contribution < 1.29 is 9.53 Å². The second-order valence-corrected chi connectivity index (χ2v) is 5.63. The number of piperidine rings is 1. The Balaban J connectivity index is 1.71. The predicted octanol–water partition coefficient (Wildman–Crippen LogP) is 2.14. The van der Waals surface area contributed by atoms with E-state index in [0.29, 0.717) is 18.0 Å². The van der Waals surface area contributed by atoms with Gasteiger partial charge < -0.3 is 14.6 Å². The van der Waals surface area contributed by atoms with E-state index in [9.17, 15) is 4.79 Å². The van der Waals surface area contributed by atoms with Crippen LogP contribution in [0.1, 0.15) is 40.6 Å². The first-order valence-electron chi connectivity index (χ1n) is 7.48. The number of hydrogen-bond donors (Lipinski definition) is 1. The number of imidazole rings is 1. The molecule has 2 aromatic rings. The maximum Gasteiger partial charge on any atom is 0.255 e. The molecule has 1 amide bonds. The van der Waals surface area contributed by atoms with Crippen LogP contribution in [0.5, 0.6) is 5.88 Å². The molecule has 0 bridgehead atoms. The van der Waals surface area contributed by atoms with E-state index >= 15 is 0 Å². The molecule has 0 unspecified atom stereocenters. The highest BCUT2D eigenvalue weighted by Gasteiger charge is 2.27. The van der Waals surface area contributed by atoms with Crippen molar-refractivity contribution in [3.05, 3.63) is 41.6 Å². The van der Waals surface area contributed by atoms with E-state index in [2.05, 4.69) is 15.0 Å². The smallest absolute Gasteiger partial charge is 0.255 e. The van der Waals surface area contributed by atoms with E-state index in [1.807, 2.05) is 18.0 Å². The quantitative estimate of drug-likeness (QED) is 0.942. The zero-order valence-electron chi connectivity index (χ0n) is 12.9. The standard InChI is InChI=1S/C16H20N4O2/c1-11-8-18-15(19-11)13-4-3-7-20(10-13)16(21)12-5-6-14(22-2)17-9-12/h5-6,8-9,13H,3-4,7,10H2,1-2H3,(H,18,19)/t13-/m1/s1. The molecule has 6 nitrogen and oxygen atoms in total. The third-order valence-electron chi connectivity index (χ3n) is 4.01. The zero-order valence-corrected chi connectivity index (χ0v) is 12.9. The van der Waals surface area contributed by atoms with Gasteiger partial charge in [0, 0.05) is 43.2 Å². The van der Waals surface area contributed by atoms with Gasteiger partial charge in [0.25, 0.3) is 5.91 Å². The fourth-order valence-corrected chi connectivity index (χ4v) is 2.84. The van der Waals surface area contributed by atoms with Gasteiger partial charge in [0.05, 0.1) is 12.7 Å². The zero-order chi connectivity index (χ0) is 15.5. The van der Waals surface area contributed by atoms with Gasteiger partial charge in [-0.3, -0.25) is 4.79 Å². The second-order valence-electron chi connectivity index (χ2n) is 5.63. The lowest BCUT2D eigenvalue weighted by Crippen LogP contribution is -2.39. The fraction of sp³-hybridized carbons (Fsp3) is 0.438. The second kappa shape index (κ2) is 6.17. The number of aryl methyl sites for hydroxylation is 1. The minimum atomic E-state index is 0.0168. The largest absolute Gasteiger partial charge is 0.481 e. The molecule has 3 heterocycles. The molecule has 1 aliphatic heterocycles. The Labute approximate surface area is 129 Å². The topological polar surface area (TPSA) is 71.1 Å². The van der Waals surface area contributed by atoms with E-state index in [1.54, 1.807) is 25.4 Å². The summed E-state index contributed by atoms with van der Waals surface area (Å²) in [6, 6.07) is 3.47. The number of hydrogen-bond acceptors (Lipinski definition) is 4. The number of H-pyrrole nitrogens is 1. The molecule has 2 aromatic heterocycles. The summed E-state index contributed by atoms with van der Waals surface area (Å²) in [7, 11) is 1.56. The Bertz CT molecular complexity index is 650. The first kappa shape index (κ1) is 14.6. The van der Waals surface area contributed by atoms with Gasteiger partial charge in [-0.05, 0) is 25.8 Å². The summed E-state index contributed by atoms with van der Waals surface area (Å²) in [6.07, 6.45) is 5.45. The van der Waals surface area contributed by atoms with Crippen molar-refractivity contribution in [1.29, 1.82) is 0 Å². The number of carbonyl (C=O) groups is 1. The lowest BCUT2D eigenvalue weighted by molar-refractivity contribution is 0.0704. The van der Waals surface area contributed by atoms with E-state index < -0.39 is 0 Å². The molecule has 22 heavy (non-hydrogen) atoms. The molecule has 6 heteroatoms. The number of amides is 1. The minimum absolute atomic E-state index is 0.0168. The maximum absolute atomic E-state index is 12.6. The van der Waals surface area contributed by atoms with Crippen molar-refractivity contribution in [3.8, 4) is 5.88 Å². The normalized spacial score (nSPS) is 18.3. The lowest BCUT2D eigenvalue weighted by atomic mass is 9.97. The van der Waals surface area contributed by atoms with Crippen LogP contribution >= 0.6 is 0 Å². The van der Waals surface area contributed by atoms with Crippen LogP contribution in [0.2, 0.25) is 0 Å². The Morgan fingerprint density at radius 3 is 2.86 bits per heavy atom. The van der Waals surface area contributed by atoms with Crippen LogP contribution in [0.3, 0.4) is 0 Å². The van der Waals surface area contributed by atoms with Gasteiger partial charge in [-0.25, -0.2) is 9.97 Å². The first-order valence-corrected chi connectivity index (χ1v) is 7.48. The summed E-state index contributed by atoms with van der Waals surface area (Å²) < 4.78 is 5.02. The van der Waals surface area contributed by atoms with Crippen molar-refractivity contribution >= 4 is 5.91 Å². The van der Waals surface area contributed by atoms with Crippen LogP contribution in [-0.2, 0) is 0 Å². The summed E-state index contributed by atoms with van der Waals surface area (Å²) >= 11 is 0. The van der Waals surface area contributed by atoms with Crippen LogP contribution in [0.25, 0.3) is 0 Å². The number of methoxy groups -OCH3 is 1. The molecule has 1 N–H and O–H groups in total. The number of nitrogens with one attached hydrogen (secondary N) is 1. The molecular weight excluding hydrogens is 280 g/mol. The summed E-state index contributed by atoms with van der Waals surface area (Å²) in [5.41, 5.74) is 1.65. The number of aromatic nitrogens is 3. The Morgan fingerprint density at radius 2 is 2.23 bits per heavy atom. The van der Waals surface area contributed by atoms with Crippen LogP contribution in [0, 0.1) is 6.92 Å². The molecule has 3 rings (SSSR count). The van der Waals surface area contributed by atoms with Crippen molar-refractivity contribution in [2.75, 3.05) is 20.2 Å². The predicted molar refractivity (Wildman–Crippen MR) is 82.0 cm³/mol. The Kier molecular flexibility index (Phi) is 4.09. The summed E-state index contributed by atoms with van der Waals surface area (Å²) in [5, 5.41) is 0. The van der Waals surface area contributed by atoms with Crippen LogP contribution in [0.15, 0.2) is 24.5 Å². The molecule has 116 valence electrons. The highest BCUT2D eigenvalue weighted by atomic mass is 16.5. The van der Waals surface area contributed by atoms with Crippen molar-refractivity contribution in [3.63, 3.8) is 0 Å². The van der Waals surface area contributed by atoms with Crippen LogP contribution < -0.4 is 4.74 Å². The average Bonchev–Trinajstić information content (AvgIpc) is 3.01. The SMILES string of the molecule is COc1ccc(C(=O)N2CCC[C@@H](c3ncc(C)[nH]3)C2)cn1. The fourth-order valence-electron chi connectivity index (χ4n) is 2.84. The number of carbonyl (C=O) groups excluding carboxylic acids is 1. The van der Waals surface area contributed by atoms with Gasteiger partial charge in [-0.2, -0.15) is 0 Å². The van der Waals surface area contributed by atoms with Gasteiger partial charge in [0.1, 0.15) is 5.82 Å². The molecule has 0 aliphatic carbocycles. The van der Waals surface area contributed by atoms with Crippen molar-refractivity contribution in [2.45, 2.75) is 25.7 Å². The Morgan fingerprint density at radius 1 is 1.36 bits per heavy atom. The number of nitrogens with zero attached hydrogens (tertiary/aromatic N) is 3. The maximum atomic E-state index is 12.6. The molecule has 0 spiro atoms. The molecule has 0 saturated carbocycles. The summed E-state index contributed by atoms with van der Waals surface area (Å²) in [5.74, 6) is 1.78. The number of pyridine rings is 1. The van der Waals surface area contributed by atoms with E-state index in [4.69, 9.17) is 4.74 Å². The van der Waals surface area contributed by atoms with Crippen LogP contribution in [0.4, 0.5) is 0 Å². The molecule has 0 radical (unpaired) electrons. The summed E-state index contributed by atoms with van der Waals surface area (Å²) in [6.45, 7) is 3.46. The van der Waals surface area contributed by atoms with Crippen LogP contribution in [-0.4, -0.2) is 46.0 Å². The number of likely N-dealkylation sites (tertiary alicyclic amines) is 1. The third-order valence-corrected chi connectivity index (χ3v) is 4.01. The number of rotatable bonds is 3. The van der Waals surface area contributed by atoms with Gasteiger partial charge in [-0.15, -0.1) is 0 Å². The van der Waals surface area contributed by atoms with E-state index in [0.717, 1.165) is 30.9 Å². The molecular formula is C16H20N4O2. The van der Waals surface area contributed by atoms with E-state index in [1.165, 1.54) is 0 Å². The van der Waals surface area contributed by atoms with Crippen molar-refractivity contribution in [1.82, 2.24) is 19.9 Å². The van der Waals surface area contributed by atoms with Gasteiger partial charge >= 0.3 is 0 Å². The number of aromatic amines is 1. The first-order chi connectivity index (χ1) is 10.7. The summed E-state index contributed by atoms with van der Waals surface area (Å²) in [4.78, 5) is 26.3. The molecule has 0 aromatic carbocycles.